The number of allylic oxidation sites excluding steroid dienone is 1. The maximum absolute atomic E-state index is 12.7. The van der Waals surface area contributed by atoms with Gasteiger partial charge in [0.2, 0.25) is 0 Å². The van der Waals surface area contributed by atoms with Gasteiger partial charge in [0.15, 0.2) is 5.82 Å². The molecule has 3 heterocycles. The second-order valence-corrected chi connectivity index (χ2v) is 8.12. The second-order valence-electron chi connectivity index (χ2n) is 8.12. The highest BCUT2D eigenvalue weighted by atomic mass is 19.4. The van der Waals surface area contributed by atoms with Crippen LogP contribution in [0.1, 0.15) is 41.0 Å². The summed E-state index contributed by atoms with van der Waals surface area (Å²) in [6, 6.07) is 10.1. The number of hydrogen-bond donors (Lipinski definition) is 2. The van der Waals surface area contributed by atoms with E-state index >= 15 is 0 Å². The van der Waals surface area contributed by atoms with E-state index in [0.717, 1.165) is 33.9 Å². The van der Waals surface area contributed by atoms with E-state index < -0.39 is 11.9 Å². The first-order valence-electron chi connectivity index (χ1n) is 10.5. The van der Waals surface area contributed by atoms with Crippen molar-refractivity contribution in [3.05, 3.63) is 82.3 Å². The fraction of sp³-hybridized carbons (Fsp3) is 0.250. The summed E-state index contributed by atoms with van der Waals surface area (Å²) in [6.45, 7) is 5.84. The summed E-state index contributed by atoms with van der Waals surface area (Å²) in [5.74, 6) is 0.980. The van der Waals surface area contributed by atoms with Gasteiger partial charge in [0, 0.05) is 48.2 Å². The minimum atomic E-state index is -4.47. The molecule has 10 heteroatoms. The van der Waals surface area contributed by atoms with Crippen LogP contribution in [0, 0.1) is 13.8 Å². The third-order valence-corrected chi connectivity index (χ3v) is 5.38. The Labute approximate surface area is 194 Å². The Hall–Kier alpha value is -3.95. The number of aromatic nitrogens is 5. The van der Waals surface area contributed by atoms with E-state index in [9.17, 15) is 13.2 Å². The van der Waals surface area contributed by atoms with Crippen molar-refractivity contribution in [3.63, 3.8) is 0 Å². The minimum absolute atomic E-state index is 0.253. The molecule has 3 aromatic heterocycles. The molecule has 3 N–H and O–H groups in total. The third kappa shape index (κ3) is 4.70. The van der Waals surface area contributed by atoms with Crippen molar-refractivity contribution in [2.75, 3.05) is 5.32 Å². The van der Waals surface area contributed by atoms with E-state index in [0.29, 0.717) is 28.5 Å². The van der Waals surface area contributed by atoms with E-state index in [1.807, 2.05) is 43.8 Å². The van der Waals surface area contributed by atoms with Gasteiger partial charge in [-0.25, -0.2) is 9.97 Å². The summed E-state index contributed by atoms with van der Waals surface area (Å²) in [7, 11) is 1.90. The number of rotatable bonds is 5. The Kier molecular flexibility index (Phi) is 5.99. The van der Waals surface area contributed by atoms with Crippen LogP contribution in [-0.4, -0.2) is 24.7 Å². The molecule has 0 aliphatic heterocycles. The topological polar surface area (TPSA) is 94.5 Å². The average Bonchev–Trinajstić information content (AvgIpc) is 3.04. The first-order chi connectivity index (χ1) is 16.0. The summed E-state index contributed by atoms with van der Waals surface area (Å²) in [5, 5.41) is 8.62. The quantitative estimate of drug-likeness (QED) is 0.440. The molecule has 0 bridgehead atoms. The Balaban J connectivity index is 1.63. The van der Waals surface area contributed by atoms with Crippen LogP contribution in [0.3, 0.4) is 0 Å². The molecule has 0 aliphatic rings. The van der Waals surface area contributed by atoms with E-state index in [1.54, 1.807) is 13.0 Å². The molecule has 4 aromatic rings. The fourth-order valence-electron chi connectivity index (χ4n) is 3.79. The summed E-state index contributed by atoms with van der Waals surface area (Å²) in [5.41, 5.74) is 10.7. The lowest BCUT2D eigenvalue weighted by atomic mass is 10.0. The zero-order valence-electron chi connectivity index (χ0n) is 19.2. The molecule has 0 spiro atoms. The van der Waals surface area contributed by atoms with Gasteiger partial charge in [-0.3, -0.25) is 9.67 Å². The molecular formula is C24H24F3N7. The number of pyridine rings is 1. The highest BCUT2D eigenvalue weighted by Gasteiger charge is 2.32. The number of hydrogen-bond acceptors (Lipinski definition) is 6. The SMILES string of the molecule is CC(N)=C(c1ccc2c(c1)c(C)nn2C)c1nc(C)cc(NCc2ccc(C(F)(F)F)nc2)n1. The Bertz CT molecular complexity index is 1380. The zero-order valence-corrected chi connectivity index (χ0v) is 19.2. The van der Waals surface area contributed by atoms with Gasteiger partial charge in [-0.1, -0.05) is 12.1 Å². The largest absolute Gasteiger partial charge is 0.433 e. The lowest BCUT2D eigenvalue weighted by Gasteiger charge is -2.13. The molecule has 0 aliphatic carbocycles. The van der Waals surface area contributed by atoms with Crippen LogP contribution in [0.2, 0.25) is 0 Å². The lowest BCUT2D eigenvalue weighted by molar-refractivity contribution is -0.141. The number of nitrogens with one attached hydrogen (secondary N) is 1. The van der Waals surface area contributed by atoms with Crippen LogP contribution in [0.5, 0.6) is 0 Å². The maximum Gasteiger partial charge on any atom is 0.433 e. The van der Waals surface area contributed by atoms with Crippen molar-refractivity contribution in [2.45, 2.75) is 33.5 Å². The number of nitrogens with zero attached hydrogens (tertiary/aromatic N) is 5. The number of fused-ring (bicyclic) bond motifs is 1. The number of benzene rings is 1. The number of nitrogens with two attached hydrogens (primary N) is 1. The van der Waals surface area contributed by atoms with E-state index in [1.165, 1.54) is 12.3 Å². The van der Waals surface area contributed by atoms with E-state index in [4.69, 9.17) is 5.73 Å². The molecule has 7 nitrogen and oxygen atoms in total. The van der Waals surface area contributed by atoms with Crippen LogP contribution < -0.4 is 11.1 Å². The maximum atomic E-state index is 12.7. The van der Waals surface area contributed by atoms with Gasteiger partial charge in [0.25, 0.3) is 0 Å². The van der Waals surface area contributed by atoms with Crippen molar-refractivity contribution in [3.8, 4) is 0 Å². The van der Waals surface area contributed by atoms with Crippen molar-refractivity contribution >= 4 is 22.3 Å². The highest BCUT2D eigenvalue weighted by Crippen LogP contribution is 2.29. The highest BCUT2D eigenvalue weighted by molar-refractivity contribution is 5.89. The molecule has 0 atom stereocenters. The van der Waals surface area contributed by atoms with Crippen LogP contribution in [0.15, 0.2) is 48.3 Å². The minimum Gasteiger partial charge on any atom is -0.402 e. The van der Waals surface area contributed by atoms with Gasteiger partial charge in [0.05, 0.1) is 11.2 Å². The molecule has 0 saturated heterocycles. The Morgan fingerprint density at radius 1 is 1.09 bits per heavy atom. The molecule has 4 rings (SSSR count). The summed E-state index contributed by atoms with van der Waals surface area (Å²) in [6.07, 6.45) is -3.27. The van der Waals surface area contributed by atoms with Gasteiger partial charge < -0.3 is 11.1 Å². The molecule has 0 saturated carbocycles. The Morgan fingerprint density at radius 2 is 1.85 bits per heavy atom. The number of anilines is 1. The molecular weight excluding hydrogens is 443 g/mol. The van der Waals surface area contributed by atoms with Crippen molar-refractivity contribution in [1.29, 1.82) is 0 Å². The summed E-state index contributed by atoms with van der Waals surface area (Å²) < 4.78 is 40.0. The van der Waals surface area contributed by atoms with Gasteiger partial charge in [0.1, 0.15) is 11.5 Å². The van der Waals surface area contributed by atoms with E-state index in [2.05, 4.69) is 25.4 Å². The van der Waals surface area contributed by atoms with Crippen LogP contribution in [0.4, 0.5) is 19.0 Å². The van der Waals surface area contributed by atoms with E-state index in [-0.39, 0.29) is 6.54 Å². The summed E-state index contributed by atoms with van der Waals surface area (Å²) in [4.78, 5) is 12.7. The lowest BCUT2D eigenvalue weighted by Crippen LogP contribution is -2.10. The van der Waals surface area contributed by atoms with Crippen LogP contribution in [0.25, 0.3) is 16.5 Å². The molecule has 34 heavy (non-hydrogen) atoms. The van der Waals surface area contributed by atoms with Gasteiger partial charge >= 0.3 is 6.18 Å². The van der Waals surface area contributed by atoms with Gasteiger partial charge in [-0.05, 0) is 50.1 Å². The predicted octanol–water partition coefficient (Wildman–Crippen LogP) is 4.74. The molecule has 0 unspecified atom stereocenters. The molecule has 176 valence electrons. The predicted molar refractivity (Wildman–Crippen MR) is 125 cm³/mol. The smallest absolute Gasteiger partial charge is 0.402 e. The molecule has 0 radical (unpaired) electrons. The number of halogens is 3. The first kappa shape index (κ1) is 23.2. The summed E-state index contributed by atoms with van der Waals surface area (Å²) >= 11 is 0. The molecule has 1 aromatic carbocycles. The van der Waals surface area contributed by atoms with Gasteiger partial charge in [-0.15, -0.1) is 0 Å². The number of alkyl halides is 3. The second kappa shape index (κ2) is 8.77. The standard InChI is InChI=1S/C24H24F3N7/c1-13-9-21(30-12-16-5-8-20(29-11-16)24(25,26)27)32-23(31-13)22(14(2)28)17-6-7-19-18(10-17)15(3)33-34(19)4/h5-11H,12,28H2,1-4H3,(H,30,31,32). The third-order valence-electron chi connectivity index (χ3n) is 5.38. The molecule has 0 fully saturated rings. The Morgan fingerprint density at radius 3 is 2.50 bits per heavy atom. The van der Waals surface area contributed by atoms with Gasteiger partial charge in [-0.2, -0.15) is 18.3 Å². The van der Waals surface area contributed by atoms with Crippen molar-refractivity contribution in [1.82, 2.24) is 24.7 Å². The van der Waals surface area contributed by atoms with Crippen LogP contribution >= 0.6 is 0 Å². The molecule has 0 amide bonds. The average molecular weight is 467 g/mol. The van der Waals surface area contributed by atoms with Crippen molar-refractivity contribution in [2.24, 2.45) is 12.8 Å². The number of aryl methyl sites for hydroxylation is 3. The van der Waals surface area contributed by atoms with Crippen LogP contribution in [-0.2, 0) is 19.8 Å². The first-order valence-corrected chi connectivity index (χ1v) is 10.5. The monoisotopic (exact) mass is 467 g/mol. The normalized spacial score (nSPS) is 12.7. The fourth-order valence-corrected chi connectivity index (χ4v) is 3.79. The van der Waals surface area contributed by atoms with Crippen molar-refractivity contribution < 1.29 is 13.2 Å². The zero-order chi connectivity index (χ0) is 24.6.